The van der Waals surface area contributed by atoms with Crippen molar-refractivity contribution in [3.8, 4) is 0 Å². The smallest absolute Gasteiger partial charge is 0.122 e. The number of aryl methyl sites for hydroxylation is 1. The van der Waals surface area contributed by atoms with Gasteiger partial charge in [-0.1, -0.05) is 0 Å². The zero-order chi connectivity index (χ0) is 17.1. The number of aromatic nitrogens is 3. The van der Waals surface area contributed by atoms with Crippen molar-refractivity contribution in [1.82, 2.24) is 24.3 Å². The van der Waals surface area contributed by atoms with Crippen LogP contribution < -0.4 is 0 Å². The third-order valence-corrected chi connectivity index (χ3v) is 5.48. The minimum Gasteiger partial charge on any atom is -0.379 e. The number of hydrogen-bond acceptors (Lipinski definition) is 5. The summed E-state index contributed by atoms with van der Waals surface area (Å²) in [6.45, 7) is 7.92. The maximum atomic E-state index is 6.01. The van der Waals surface area contributed by atoms with E-state index in [9.17, 15) is 0 Å². The lowest BCUT2D eigenvalue weighted by molar-refractivity contribution is 0.0703. The summed E-state index contributed by atoms with van der Waals surface area (Å²) in [6.07, 6.45) is 8.86. The zero-order valence-electron chi connectivity index (χ0n) is 15.0. The van der Waals surface area contributed by atoms with E-state index < -0.39 is 0 Å². The Hall–Kier alpha value is -1.76. The second kappa shape index (κ2) is 7.23. The van der Waals surface area contributed by atoms with Gasteiger partial charge >= 0.3 is 0 Å². The molecule has 0 unspecified atom stereocenters. The lowest BCUT2D eigenvalue weighted by Crippen LogP contribution is -2.40. The van der Waals surface area contributed by atoms with E-state index in [1.54, 1.807) is 0 Å². The van der Waals surface area contributed by atoms with Crippen LogP contribution in [0.1, 0.15) is 17.8 Å². The van der Waals surface area contributed by atoms with Crippen LogP contribution in [-0.4, -0.2) is 63.7 Å². The fourth-order valence-corrected chi connectivity index (χ4v) is 4.12. The Morgan fingerprint density at radius 1 is 1.08 bits per heavy atom. The average Bonchev–Trinajstić information content (AvgIpc) is 3.13. The Morgan fingerprint density at radius 3 is 2.64 bits per heavy atom. The molecule has 134 valence electrons. The molecule has 2 aliphatic rings. The minimum absolute atomic E-state index is 0.245. The fraction of sp³-hybridized carbons (Fsp3) is 0.579. The Labute approximate surface area is 149 Å². The summed E-state index contributed by atoms with van der Waals surface area (Å²) in [4.78, 5) is 13.7. The van der Waals surface area contributed by atoms with Gasteiger partial charge in [0.15, 0.2) is 0 Å². The average molecular weight is 341 g/mol. The van der Waals surface area contributed by atoms with E-state index in [2.05, 4.69) is 43.5 Å². The Balaban J connectivity index is 1.41. The number of hydrogen-bond donors (Lipinski definition) is 0. The number of pyridine rings is 1. The molecular weight excluding hydrogens is 314 g/mol. The fourth-order valence-electron chi connectivity index (χ4n) is 4.12. The van der Waals surface area contributed by atoms with Crippen LogP contribution in [0.15, 0.2) is 36.9 Å². The monoisotopic (exact) mass is 341 g/mol. The third-order valence-electron chi connectivity index (χ3n) is 5.48. The molecule has 2 saturated heterocycles. The van der Waals surface area contributed by atoms with Crippen LogP contribution in [0.2, 0.25) is 0 Å². The van der Waals surface area contributed by atoms with E-state index in [1.807, 2.05) is 24.8 Å². The van der Waals surface area contributed by atoms with Gasteiger partial charge in [-0.05, 0) is 30.7 Å². The molecule has 0 radical (unpaired) electrons. The summed E-state index contributed by atoms with van der Waals surface area (Å²) in [7, 11) is 2.07. The predicted molar refractivity (Wildman–Crippen MR) is 95.9 cm³/mol. The van der Waals surface area contributed by atoms with Crippen LogP contribution in [0.5, 0.6) is 0 Å². The van der Waals surface area contributed by atoms with Gasteiger partial charge in [0.1, 0.15) is 5.82 Å². The molecule has 1 spiro atoms. The van der Waals surface area contributed by atoms with Crippen LogP contribution in [0.4, 0.5) is 0 Å². The summed E-state index contributed by atoms with van der Waals surface area (Å²) in [5.74, 6) is 1.14. The SMILES string of the molecule is Cn1ccnc1CN1CC[C@@]2(COCCN(Cc3ccncc3)C2)C1. The molecule has 0 aliphatic carbocycles. The summed E-state index contributed by atoms with van der Waals surface area (Å²) in [6, 6.07) is 4.22. The lowest BCUT2D eigenvalue weighted by Gasteiger charge is -2.32. The number of rotatable bonds is 4. The molecule has 6 nitrogen and oxygen atoms in total. The topological polar surface area (TPSA) is 46.4 Å². The summed E-state index contributed by atoms with van der Waals surface area (Å²) >= 11 is 0. The van der Waals surface area contributed by atoms with Gasteiger partial charge in [-0.3, -0.25) is 14.8 Å². The van der Waals surface area contributed by atoms with Crippen molar-refractivity contribution in [1.29, 1.82) is 0 Å². The van der Waals surface area contributed by atoms with Crippen LogP contribution in [-0.2, 0) is 24.9 Å². The molecule has 2 aromatic heterocycles. The number of imidazole rings is 1. The Kier molecular flexibility index (Phi) is 4.83. The maximum absolute atomic E-state index is 6.01. The molecule has 2 aromatic rings. The third kappa shape index (κ3) is 3.92. The van der Waals surface area contributed by atoms with E-state index in [-0.39, 0.29) is 5.41 Å². The molecule has 25 heavy (non-hydrogen) atoms. The van der Waals surface area contributed by atoms with Gasteiger partial charge in [0.2, 0.25) is 0 Å². The molecule has 2 aliphatic heterocycles. The van der Waals surface area contributed by atoms with Crippen molar-refractivity contribution < 1.29 is 4.74 Å². The van der Waals surface area contributed by atoms with Gasteiger partial charge in [-0.15, -0.1) is 0 Å². The van der Waals surface area contributed by atoms with E-state index >= 15 is 0 Å². The zero-order valence-corrected chi connectivity index (χ0v) is 15.0. The van der Waals surface area contributed by atoms with Gasteiger partial charge in [0.05, 0.1) is 19.8 Å². The van der Waals surface area contributed by atoms with Crippen molar-refractivity contribution in [3.05, 3.63) is 48.3 Å². The maximum Gasteiger partial charge on any atom is 0.122 e. The first-order valence-corrected chi connectivity index (χ1v) is 9.10. The highest BCUT2D eigenvalue weighted by Gasteiger charge is 2.41. The highest BCUT2D eigenvalue weighted by atomic mass is 16.5. The van der Waals surface area contributed by atoms with E-state index in [0.717, 1.165) is 58.3 Å². The second-order valence-electron chi connectivity index (χ2n) is 7.53. The number of likely N-dealkylation sites (tertiary alicyclic amines) is 1. The number of nitrogens with zero attached hydrogens (tertiary/aromatic N) is 5. The molecule has 0 aromatic carbocycles. The molecule has 0 N–H and O–H groups in total. The van der Waals surface area contributed by atoms with Crippen molar-refractivity contribution in [2.75, 3.05) is 39.4 Å². The molecule has 1 atom stereocenters. The standard InChI is InChI=1S/C19H27N5O/c1-22-9-7-21-18(22)13-23-8-4-19(14-23)15-24(10-11-25-16-19)12-17-2-5-20-6-3-17/h2-3,5-7,9H,4,8,10-16H2,1H3/t19-/m1/s1. The van der Waals surface area contributed by atoms with Crippen molar-refractivity contribution >= 4 is 0 Å². The van der Waals surface area contributed by atoms with Crippen molar-refractivity contribution in [2.24, 2.45) is 12.5 Å². The summed E-state index contributed by atoms with van der Waals surface area (Å²) < 4.78 is 8.12. The molecule has 4 heterocycles. The highest BCUT2D eigenvalue weighted by Crippen LogP contribution is 2.34. The molecule has 4 rings (SSSR count). The number of ether oxygens (including phenoxy) is 1. The summed E-state index contributed by atoms with van der Waals surface area (Å²) in [5.41, 5.74) is 1.57. The first-order valence-electron chi connectivity index (χ1n) is 9.10. The van der Waals surface area contributed by atoms with Crippen LogP contribution in [0, 0.1) is 5.41 Å². The van der Waals surface area contributed by atoms with Crippen molar-refractivity contribution in [3.63, 3.8) is 0 Å². The van der Waals surface area contributed by atoms with E-state index in [1.165, 1.54) is 12.0 Å². The first-order chi connectivity index (χ1) is 12.2. The van der Waals surface area contributed by atoms with Crippen molar-refractivity contribution in [2.45, 2.75) is 19.5 Å². The van der Waals surface area contributed by atoms with Crippen LogP contribution in [0.25, 0.3) is 0 Å². The molecule has 6 heteroatoms. The second-order valence-corrected chi connectivity index (χ2v) is 7.53. The quantitative estimate of drug-likeness (QED) is 0.844. The molecule has 0 saturated carbocycles. The van der Waals surface area contributed by atoms with E-state index in [4.69, 9.17) is 4.74 Å². The van der Waals surface area contributed by atoms with E-state index in [0.29, 0.717) is 0 Å². The van der Waals surface area contributed by atoms with Crippen LogP contribution >= 0.6 is 0 Å². The molecular formula is C19H27N5O. The van der Waals surface area contributed by atoms with Gasteiger partial charge in [-0.2, -0.15) is 0 Å². The first kappa shape index (κ1) is 16.7. The van der Waals surface area contributed by atoms with Gasteiger partial charge in [0, 0.05) is 63.4 Å². The van der Waals surface area contributed by atoms with Gasteiger partial charge in [0.25, 0.3) is 0 Å². The highest BCUT2D eigenvalue weighted by molar-refractivity contribution is 5.10. The molecule has 0 bridgehead atoms. The Bertz CT molecular complexity index is 688. The Morgan fingerprint density at radius 2 is 1.88 bits per heavy atom. The van der Waals surface area contributed by atoms with Gasteiger partial charge in [-0.25, -0.2) is 4.98 Å². The summed E-state index contributed by atoms with van der Waals surface area (Å²) in [5, 5.41) is 0. The normalized spacial score (nSPS) is 25.5. The van der Waals surface area contributed by atoms with Gasteiger partial charge < -0.3 is 9.30 Å². The molecule has 0 amide bonds. The van der Waals surface area contributed by atoms with Crippen LogP contribution in [0.3, 0.4) is 0 Å². The predicted octanol–water partition coefficient (Wildman–Crippen LogP) is 1.54. The minimum atomic E-state index is 0.245. The largest absolute Gasteiger partial charge is 0.379 e. The lowest BCUT2D eigenvalue weighted by atomic mass is 9.87. The molecule has 2 fully saturated rings.